The summed E-state index contributed by atoms with van der Waals surface area (Å²) in [6.07, 6.45) is 0. The number of hydrogen-bond donors (Lipinski definition) is 1. The molecule has 1 amide bonds. The Kier molecular flexibility index (Phi) is 7.67. The number of anilines is 1. The van der Waals surface area contributed by atoms with Gasteiger partial charge in [0.05, 0.1) is 36.8 Å². The first-order chi connectivity index (χ1) is 14.9. The molecule has 0 atom stereocenters. The van der Waals surface area contributed by atoms with E-state index < -0.39 is 11.9 Å². The van der Waals surface area contributed by atoms with E-state index >= 15 is 0 Å². The van der Waals surface area contributed by atoms with Gasteiger partial charge < -0.3 is 14.8 Å². The summed E-state index contributed by atoms with van der Waals surface area (Å²) in [5.74, 6) is -1.48. The van der Waals surface area contributed by atoms with Crippen LogP contribution in [0.3, 0.4) is 0 Å². The average Bonchev–Trinajstić information content (AvgIpc) is 3.26. The third kappa shape index (κ3) is 6.06. The quantitative estimate of drug-likeness (QED) is 0.387. The molecule has 1 aromatic heterocycles. The van der Waals surface area contributed by atoms with Crippen molar-refractivity contribution in [2.45, 2.75) is 4.34 Å². The number of nitrogens with one attached hydrogen (secondary N) is 1. The Morgan fingerprint density at radius 1 is 1.03 bits per heavy atom. The zero-order chi connectivity index (χ0) is 22.4. The number of halogens is 1. The van der Waals surface area contributed by atoms with Crippen LogP contribution < -0.4 is 5.32 Å². The van der Waals surface area contributed by atoms with Gasteiger partial charge in [0.1, 0.15) is 0 Å². The largest absolute Gasteiger partial charge is 0.465 e. The Morgan fingerprint density at radius 2 is 1.65 bits per heavy atom. The van der Waals surface area contributed by atoms with E-state index in [9.17, 15) is 14.4 Å². The molecule has 3 aromatic rings. The number of benzene rings is 2. The van der Waals surface area contributed by atoms with Crippen molar-refractivity contribution in [2.75, 3.05) is 25.3 Å². The van der Waals surface area contributed by atoms with Crippen LogP contribution in [0.5, 0.6) is 0 Å². The molecule has 0 saturated carbocycles. The lowest BCUT2D eigenvalue weighted by Gasteiger charge is -2.09. The molecule has 3 rings (SSSR count). The molecule has 0 radical (unpaired) electrons. The Labute approximate surface area is 191 Å². The number of methoxy groups -OCH3 is 2. The normalized spacial score (nSPS) is 10.4. The number of esters is 2. The number of carbonyl (C=O) groups is 3. The van der Waals surface area contributed by atoms with Crippen molar-refractivity contribution in [1.82, 2.24) is 4.98 Å². The minimum absolute atomic E-state index is 0.101. The van der Waals surface area contributed by atoms with E-state index in [4.69, 9.17) is 21.1 Å². The molecule has 0 unspecified atom stereocenters. The van der Waals surface area contributed by atoms with Crippen molar-refractivity contribution in [3.8, 4) is 11.3 Å². The standard InChI is InChI=1S/C21H17ClN2O5S2/c1-28-19(26)13-7-14(20(27)29-2)9-16(8-13)23-18(25)11-31-21-24-17(10-30-21)12-3-5-15(22)6-4-12/h3-10H,11H2,1-2H3,(H,23,25). The Hall–Kier alpha value is -2.88. The van der Waals surface area contributed by atoms with Crippen LogP contribution in [0.2, 0.25) is 5.02 Å². The summed E-state index contributed by atoms with van der Waals surface area (Å²) >= 11 is 8.62. The Morgan fingerprint density at radius 3 is 2.23 bits per heavy atom. The minimum Gasteiger partial charge on any atom is -0.465 e. The second kappa shape index (κ2) is 10.4. The fourth-order valence-corrected chi connectivity index (χ4v) is 4.33. The van der Waals surface area contributed by atoms with Crippen LogP contribution in [0.1, 0.15) is 20.7 Å². The van der Waals surface area contributed by atoms with Crippen LogP contribution in [0, 0.1) is 0 Å². The van der Waals surface area contributed by atoms with Crippen LogP contribution in [0.15, 0.2) is 52.2 Å². The van der Waals surface area contributed by atoms with Gasteiger partial charge in [-0.25, -0.2) is 14.6 Å². The van der Waals surface area contributed by atoms with Crippen molar-refractivity contribution in [2.24, 2.45) is 0 Å². The van der Waals surface area contributed by atoms with Gasteiger partial charge in [-0.1, -0.05) is 35.5 Å². The maximum absolute atomic E-state index is 12.4. The number of ether oxygens (including phenoxy) is 2. The molecule has 0 bridgehead atoms. The molecule has 1 heterocycles. The van der Waals surface area contributed by atoms with Gasteiger partial charge >= 0.3 is 11.9 Å². The molecule has 31 heavy (non-hydrogen) atoms. The molecule has 2 aromatic carbocycles. The van der Waals surface area contributed by atoms with Crippen molar-refractivity contribution in [1.29, 1.82) is 0 Å². The zero-order valence-corrected chi connectivity index (χ0v) is 18.9. The molecule has 160 valence electrons. The van der Waals surface area contributed by atoms with Gasteiger partial charge in [0, 0.05) is 21.7 Å². The number of thiazole rings is 1. The predicted octanol–water partition coefficient (Wildman–Crippen LogP) is 4.77. The number of hydrogen-bond acceptors (Lipinski definition) is 8. The van der Waals surface area contributed by atoms with Gasteiger partial charge in [-0.3, -0.25) is 4.79 Å². The SMILES string of the molecule is COC(=O)c1cc(NC(=O)CSc2nc(-c3ccc(Cl)cc3)cs2)cc(C(=O)OC)c1. The predicted molar refractivity (Wildman–Crippen MR) is 121 cm³/mol. The molecule has 0 saturated heterocycles. The lowest BCUT2D eigenvalue weighted by molar-refractivity contribution is -0.113. The fourth-order valence-electron chi connectivity index (χ4n) is 2.57. The highest BCUT2D eigenvalue weighted by Gasteiger charge is 2.15. The lowest BCUT2D eigenvalue weighted by Crippen LogP contribution is -2.16. The van der Waals surface area contributed by atoms with Crippen molar-refractivity contribution < 1.29 is 23.9 Å². The fraction of sp³-hybridized carbons (Fsp3) is 0.143. The summed E-state index contributed by atoms with van der Waals surface area (Å²) in [6, 6.07) is 11.6. The number of amides is 1. The van der Waals surface area contributed by atoms with E-state index in [1.807, 2.05) is 17.5 Å². The highest BCUT2D eigenvalue weighted by Crippen LogP contribution is 2.29. The molecular formula is C21H17ClN2O5S2. The first-order valence-electron chi connectivity index (χ1n) is 8.85. The Balaban J connectivity index is 1.66. The van der Waals surface area contributed by atoms with Gasteiger partial charge in [0.25, 0.3) is 0 Å². The van der Waals surface area contributed by atoms with E-state index in [1.54, 1.807) is 12.1 Å². The van der Waals surface area contributed by atoms with Crippen LogP contribution in [-0.2, 0) is 14.3 Å². The molecular weight excluding hydrogens is 460 g/mol. The molecule has 0 aliphatic heterocycles. The van der Waals surface area contributed by atoms with E-state index in [1.165, 1.54) is 55.5 Å². The second-order valence-corrected chi connectivity index (χ2v) is 8.64. The van der Waals surface area contributed by atoms with Crippen LogP contribution >= 0.6 is 34.7 Å². The monoisotopic (exact) mass is 476 g/mol. The molecule has 0 spiro atoms. The third-order valence-corrected chi connectivity index (χ3v) is 6.28. The summed E-state index contributed by atoms with van der Waals surface area (Å²) in [5, 5.41) is 5.24. The number of aromatic nitrogens is 1. The molecule has 7 nitrogen and oxygen atoms in total. The zero-order valence-electron chi connectivity index (χ0n) is 16.5. The number of thioether (sulfide) groups is 1. The van der Waals surface area contributed by atoms with Crippen LogP contribution in [0.4, 0.5) is 5.69 Å². The van der Waals surface area contributed by atoms with Crippen molar-refractivity contribution >= 4 is 58.2 Å². The number of rotatable bonds is 7. The molecule has 10 heteroatoms. The summed E-state index contributed by atoms with van der Waals surface area (Å²) in [6.45, 7) is 0. The van der Waals surface area contributed by atoms with Gasteiger partial charge in [-0.05, 0) is 30.3 Å². The lowest BCUT2D eigenvalue weighted by atomic mass is 10.1. The molecule has 0 aliphatic carbocycles. The van der Waals surface area contributed by atoms with Crippen molar-refractivity contribution in [3.63, 3.8) is 0 Å². The van der Waals surface area contributed by atoms with Gasteiger partial charge in [0.2, 0.25) is 5.91 Å². The summed E-state index contributed by atoms with van der Waals surface area (Å²) in [7, 11) is 2.46. The summed E-state index contributed by atoms with van der Waals surface area (Å²) in [4.78, 5) is 40.6. The van der Waals surface area contributed by atoms with Gasteiger partial charge in [-0.2, -0.15) is 0 Å². The topological polar surface area (TPSA) is 94.6 Å². The third-order valence-electron chi connectivity index (χ3n) is 4.01. The first-order valence-corrected chi connectivity index (χ1v) is 11.1. The van der Waals surface area contributed by atoms with E-state index in [0.29, 0.717) is 5.02 Å². The molecule has 1 N–H and O–H groups in total. The highest BCUT2D eigenvalue weighted by atomic mass is 35.5. The van der Waals surface area contributed by atoms with E-state index in [2.05, 4.69) is 10.3 Å². The maximum atomic E-state index is 12.4. The summed E-state index contributed by atoms with van der Waals surface area (Å²) in [5.41, 5.74) is 2.28. The Bertz CT molecular complexity index is 1080. The average molecular weight is 477 g/mol. The molecule has 0 aliphatic rings. The van der Waals surface area contributed by atoms with E-state index in [0.717, 1.165) is 15.6 Å². The minimum atomic E-state index is -0.631. The number of carbonyl (C=O) groups excluding carboxylic acids is 3. The highest BCUT2D eigenvalue weighted by molar-refractivity contribution is 8.01. The van der Waals surface area contributed by atoms with Gasteiger partial charge in [0.15, 0.2) is 4.34 Å². The number of nitrogens with zero attached hydrogens (tertiary/aromatic N) is 1. The maximum Gasteiger partial charge on any atom is 0.337 e. The first kappa shape index (κ1) is 22.8. The van der Waals surface area contributed by atoms with Crippen molar-refractivity contribution in [3.05, 3.63) is 64.0 Å². The summed E-state index contributed by atoms with van der Waals surface area (Å²) < 4.78 is 10.1. The van der Waals surface area contributed by atoms with Gasteiger partial charge in [-0.15, -0.1) is 11.3 Å². The molecule has 0 fully saturated rings. The second-order valence-electron chi connectivity index (χ2n) is 6.12. The van der Waals surface area contributed by atoms with Crippen LogP contribution in [-0.4, -0.2) is 42.8 Å². The smallest absolute Gasteiger partial charge is 0.337 e. The van der Waals surface area contributed by atoms with E-state index in [-0.39, 0.29) is 28.5 Å². The van der Waals surface area contributed by atoms with Crippen LogP contribution in [0.25, 0.3) is 11.3 Å².